The summed E-state index contributed by atoms with van der Waals surface area (Å²) in [5.74, 6) is -2.51. The first kappa shape index (κ1) is 17.5. The van der Waals surface area contributed by atoms with Gasteiger partial charge in [0.15, 0.2) is 11.6 Å². The second kappa shape index (κ2) is 6.53. The van der Waals surface area contributed by atoms with Crippen LogP contribution in [0.25, 0.3) is 0 Å². The van der Waals surface area contributed by atoms with Gasteiger partial charge in [0.25, 0.3) is 5.91 Å². The fraction of sp³-hybridized carbons (Fsp3) is 0.235. The van der Waals surface area contributed by atoms with Crippen LogP contribution in [0, 0.1) is 11.6 Å². The molecule has 1 N–H and O–H groups in total. The van der Waals surface area contributed by atoms with Crippen LogP contribution in [-0.2, 0) is 23.0 Å². The van der Waals surface area contributed by atoms with E-state index in [1.165, 1.54) is 30.1 Å². The van der Waals surface area contributed by atoms with Gasteiger partial charge in [-0.25, -0.2) is 21.9 Å². The zero-order valence-electron chi connectivity index (χ0n) is 13.4. The first-order chi connectivity index (χ1) is 11.8. The van der Waals surface area contributed by atoms with Gasteiger partial charge in [0.1, 0.15) is 0 Å². The molecule has 3 rings (SSSR count). The smallest absolute Gasteiger partial charge is 0.254 e. The molecule has 0 unspecified atom stereocenters. The van der Waals surface area contributed by atoms with Crippen molar-refractivity contribution in [3.05, 3.63) is 64.7 Å². The maximum absolute atomic E-state index is 13.3. The van der Waals surface area contributed by atoms with Gasteiger partial charge in [-0.05, 0) is 54.9 Å². The van der Waals surface area contributed by atoms with Gasteiger partial charge in [0.2, 0.25) is 10.0 Å². The SMILES string of the molecule is CNS(=O)(=O)c1ccc2c(c1)CN(C(=O)c1ccc(F)c(F)c1)CC2. The van der Waals surface area contributed by atoms with Gasteiger partial charge in [-0.2, -0.15) is 0 Å². The first-order valence-corrected chi connectivity index (χ1v) is 9.10. The number of sulfonamides is 1. The lowest BCUT2D eigenvalue weighted by Gasteiger charge is -2.29. The normalized spacial score (nSPS) is 14.3. The van der Waals surface area contributed by atoms with Crippen molar-refractivity contribution >= 4 is 15.9 Å². The number of halogens is 2. The van der Waals surface area contributed by atoms with Crippen molar-refractivity contribution < 1.29 is 22.0 Å². The van der Waals surface area contributed by atoms with E-state index in [1.54, 1.807) is 6.07 Å². The molecule has 2 aromatic rings. The van der Waals surface area contributed by atoms with Gasteiger partial charge in [0.05, 0.1) is 4.90 Å². The van der Waals surface area contributed by atoms with Crippen LogP contribution in [0.3, 0.4) is 0 Å². The first-order valence-electron chi connectivity index (χ1n) is 7.61. The maximum atomic E-state index is 13.3. The van der Waals surface area contributed by atoms with Crippen LogP contribution in [0.1, 0.15) is 21.5 Å². The van der Waals surface area contributed by atoms with Crippen LogP contribution in [0.2, 0.25) is 0 Å². The highest BCUT2D eigenvalue weighted by molar-refractivity contribution is 7.89. The van der Waals surface area contributed by atoms with E-state index in [1.807, 2.05) is 0 Å². The van der Waals surface area contributed by atoms with Gasteiger partial charge in [-0.3, -0.25) is 4.79 Å². The molecule has 0 saturated heterocycles. The van der Waals surface area contributed by atoms with Crippen LogP contribution in [-0.4, -0.2) is 32.8 Å². The lowest BCUT2D eigenvalue weighted by Crippen LogP contribution is -2.36. The molecule has 1 heterocycles. The van der Waals surface area contributed by atoms with E-state index in [9.17, 15) is 22.0 Å². The number of carbonyl (C=O) groups is 1. The minimum Gasteiger partial charge on any atom is -0.334 e. The molecule has 0 spiro atoms. The third kappa shape index (κ3) is 3.40. The third-order valence-corrected chi connectivity index (χ3v) is 5.63. The number of nitrogens with one attached hydrogen (secondary N) is 1. The molecule has 8 heteroatoms. The molecule has 25 heavy (non-hydrogen) atoms. The largest absolute Gasteiger partial charge is 0.334 e. The summed E-state index contributed by atoms with van der Waals surface area (Å²) in [6, 6.07) is 7.81. The molecule has 1 aliphatic heterocycles. The molecule has 0 bridgehead atoms. The lowest BCUT2D eigenvalue weighted by atomic mass is 9.99. The van der Waals surface area contributed by atoms with Gasteiger partial charge in [0, 0.05) is 18.7 Å². The Morgan fingerprint density at radius 2 is 1.84 bits per heavy atom. The molecule has 0 atom stereocenters. The zero-order valence-corrected chi connectivity index (χ0v) is 14.2. The highest BCUT2D eigenvalue weighted by Gasteiger charge is 2.24. The number of benzene rings is 2. The summed E-state index contributed by atoms with van der Waals surface area (Å²) in [6.45, 7) is 0.628. The van der Waals surface area contributed by atoms with Crippen LogP contribution in [0.4, 0.5) is 8.78 Å². The third-order valence-electron chi connectivity index (χ3n) is 4.22. The highest BCUT2D eigenvalue weighted by Crippen LogP contribution is 2.24. The van der Waals surface area contributed by atoms with E-state index in [-0.39, 0.29) is 17.0 Å². The Kier molecular flexibility index (Phi) is 4.57. The lowest BCUT2D eigenvalue weighted by molar-refractivity contribution is 0.0734. The highest BCUT2D eigenvalue weighted by atomic mass is 32.2. The zero-order chi connectivity index (χ0) is 18.2. The minimum absolute atomic E-state index is 0.0568. The second-order valence-corrected chi connectivity index (χ2v) is 7.63. The van der Waals surface area contributed by atoms with Crippen molar-refractivity contribution in [1.29, 1.82) is 0 Å². The number of carbonyl (C=O) groups excluding carboxylic acids is 1. The molecule has 2 aromatic carbocycles. The average Bonchev–Trinajstić information content (AvgIpc) is 2.62. The monoisotopic (exact) mass is 366 g/mol. The predicted octanol–water partition coefficient (Wildman–Crippen LogP) is 2.07. The Morgan fingerprint density at radius 3 is 2.52 bits per heavy atom. The number of rotatable bonds is 3. The summed E-state index contributed by atoms with van der Waals surface area (Å²) in [5.41, 5.74) is 1.74. The van der Waals surface area contributed by atoms with Gasteiger partial charge in [-0.15, -0.1) is 0 Å². The minimum atomic E-state index is -3.58. The molecular weight excluding hydrogens is 350 g/mol. The Bertz CT molecular complexity index is 945. The molecule has 0 aliphatic carbocycles. The van der Waals surface area contributed by atoms with E-state index in [0.29, 0.717) is 13.0 Å². The van der Waals surface area contributed by atoms with E-state index < -0.39 is 27.6 Å². The molecule has 0 saturated carbocycles. The molecule has 5 nitrogen and oxygen atoms in total. The van der Waals surface area contributed by atoms with Crippen molar-refractivity contribution in [3.63, 3.8) is 0 Å². The summed E-state index contributed by atoms with van der Waals surface area (Å²) in [4.78, 5) is 14.1. The van der Waals surface area contributed by atoms with Crippen molar-refractivity contribution in [3.8, 4) is 0 Å². The summed E-state index contributed by atoms with van der Waals surface area (Å²) < 4.78 is 52.5. The van der Waals surface area contributed by atoms with Gasteiger partial charge >= 0.3 is 0 Å². The molecule has 132 valence electrons. The molecule has 1 amide bonds. The number of nitrogens with zero attached hydrogens (tertiary/aromatic N) is 1. The van der Waals surface area contributed by atoms with E-state index >= 15 is 0 Å². The van der Waals surface area contributed by atoms with Gasteiger partial charge in [-0.1, -0.05) is 6.07 Å². The van der Waals surface area contributed by atoms with E-state index in [4.69, 9.17) is 0 Å². The molecule has 0 fully saturated rings. The van der Waals surface area contributed by atoms with Crippen molar-refractivity contribution in [2.24, 2.45) is 0 Å². The Balaban J connectivity index is 1.88. The quantitative estimate of drug-likeness (QED) is 0.904. The summed E-state index contributed by atoms with van der Waals surface area (Å²) in [7, 11) is -2.25. The molecular formula is C17H16F2N2O3S. The van der Waals surface area contributed by atoms with E-state index in [0.717, 1.165) is 23.3 Å². The van der Waals surface area contributed by atoms with E-state index in [2.05, 4.69) is 4.72 Å². The van der Waals surface area contributed by atoms with Crippen molar-refractivity contribution in [1.82, 2.24) is 9.62 Å². The predicted molar refractivity (Wildman–Crippen MR) is 87.5 cm³/mol. The van der Waals surface area contributed by atoms with Crippen LogP contribution in [0.15, 0.2) is 41.3 Å². The molecule has 0 radical (unpaired) electrons. The summed E-state index contributed by atoms with van der Waals surface area (Å²) in [5, 5.41) is 0. The summed E-state index contributed by atoms with van der Waals surface area (Å²) >= 11 is 0. The second-order valence-electron chi connectivity index (χ2n) is 5.74. The summed E-state index contributed by atoms with van der Waals surface area (Å²) in [6.07, 6.45) is 0.560. The number of amides is 1. The number of hydrogen-bond acceptors (Lipinski definition) is 3. The topological polar surface area (TPSA) is 66.5 Å². The fourth-order valence-electron chi connectivity index (χ4n) is 2.80. The average molecular weight is 366 g/mol. The van der Waals surface area contributed by atoms with Crippen LogP contribution >= 0.6 is 0 Å². The standard InChI is InChI=1S/C17H16F2N2O3S/c1-20-25(23,24)14-4-2-11-6-7-21(10-13(11)8-14)17(22)12-3-5-15(18)16(19)9-12/h2-5,8-9,20H,6-7,10H2,1H3. The number of fused-ring (bicyclic) bond motifs is 1. The Hall–Kier alpha value is -2.32. The maximum Gasteiger partial charge on any atom is 0.254 e. The van der Waals surface area contributed by atoms with Crippen LogP contribution < -0.4 is 4.72 Å². The number of hydrogen-bond donors (Lipinski definition) is 1. The fourth-order valence-corrected chi connectivity index (χ4v) is 3.58. The Morgan fingerprint density at radius 1 is 1.08 bits per heavy atom. The van der Waals surface area contributed by atoms with Crippen molar-refractivity contribution in [2.45, 2.75) is 17.9 Å². The molecule has 0 aromatic heterocycles. The van der Waals surface area contributed by atoms with Crippen LogP contribution in [0.5, 0.6) is 0 Å². The van der Waals surface area contributed by atoms with Gasteiger partial charge < -0.3 is 4.90 Å². The Labute approximate surface area is 144 Å². The molecule has 1 aliphatic rings. The van der Waals surface area contributed by atoms with Crippen molar-refractivity contribution in [2.75, 3.05) is 13.6 Å².